The summed E-state index contributed by atoms with van der Waals surface area (Å²) in [6.45, 7) is 4.24. The maximum absolute atomic E-state index is 14.6. The zero-order valence-electron chi connectivity index (χ0n) is 16.9. The monoisotopic (exact) mass is 429 g/mol. The summed E-state index contributed by atoms with van der Waals surface area (Å²) in [7, 11) is -3.75. The van der Waals surface area contributed by atoms with Crippen LogP contribution in [0.15, 0.2) is 71.6 Å². The second kappa shape index (κ2) is 9.73. The van der Waals surface area contributed by atoms with E-state index in [0.717, 1.165) is 23.6 Å². The second-order valence-electron chi connectivity index (χ2n) is 6.60. The molecule has 3 aromatic rings. The fraction of sp³-hybridized carbons (Fsp3) is 0.217. The van der Waals surface area contributed by atoms with Gasteiger partial charge in [0.15, 0.2) is 23.1 Å². The number of hydrogen-bond acceptors (Lipinski definition) is 4. The lowest BCUT2D eigenvalue weighted by molar-refractivity contribution is 0.289. The Hall–Kier alpha value is -2.90. The molecule has 7 heteroatoms. The molecule has 3 rings (SSSR count). The number of aryl methyl sites for hydroxylation is 1. The van der Waals surface area contributed by atoms with Crippen LogP contribution in [0.2, 0.25) is 0 Å². The maximum Gasteiger partial charge on any atom is 0.240 e. The van der Waals surface area contributed by atoms with Gasteiger partial charge < -0.3 is 9.47 Å². The molecule has 158 valence electrons. The topological polar surface area (TPSA) is 64.6 Å². The highest BCUT2D eigenvalue weighted by Gasteiger charge is 2.17. The van der Waals surface area contributed by atoms with Gasteiger partial charge in [0.2, 0.25) is 10.0 Å². The van der Waals surface area contributed by atoms with E-state index in [-0.39, 0.29) is 17.2 Å². The van der Waals surface area contributed by atoms with Crippen molar-refractivity contribution in [2.45, 2.75) is 31.8 Å². The molecule has 0 unspecified atom stereocenters. The zero-order valence-corrected chi connectivity index (χ0v) is 17.7. The third kappa shape index (κ3) is 5.37. The molecule has 30 heavy (non-hydrogen) atoms. The first-order chi connectivity index (χ1) is 14.4. The van der Waals surface area contributed by atoms with Crippen molar-refractivity contribution >= 4 is 10.0 Å². The van der Waals surface area contributed by atoms with Gasteiger partial charge in [0, 0.05) is 6.54 Å². The third-order valence-electron chi connectivity index (χ3n) is 4.42. The maximum atomic E-state index is 14.6. The van der Waals surface area contributed by atoms with Crippen LogP contribution in [0.5, 0.6) is 17.2 Å². The molecule has 0 heterocycles. The average Bonchev–Trinajstić information content (AvgIpc) is 2.75. The van der Waals surface area contributed by atoms with E-state index in [1.54, 1.807) is 13.0 Å². The number of nitrogens with one attached hydrogen (secondary N) is 1. The van der Waals surface area contributed by atoms with Crippen LogP contribution in [0, 0.1) is 5.82 Å². The summed E-state index contributed by atoms with van der Waals surface area (Å²) in [5.41, 5.74) is 2.05. The van der Waals surface area contributed by atoms with Gasteiger partial charge in [-0.3, -0.25) is 0 Å². The molecule has 0 spiro atoms. The summed E-state index contributed by atoms with van der Waals surface area (Å²) in [4.78, 5) is -0.156. The first-order valence-corrected chi connectivity index (χ1v) is 11.2. The van der Waals surface area contributed by atoms with Crippen LogP contribution in [-0.4, -0.2) is 15.0 Å². The van der Waals surface area contributed by atoms with Gasteiger partial charge in [-0.2, -0.15) is 0 Å². The van der Waals surface area contributed by atoms with E-state index >= 15 is 0 Å². The van der Waals surface area contributed by atoms with Crippen LogP contribution >= 0.6 is 0 Å². The van der Waals surface area contributed by atoms with Crippen molar-refractivity contribution in [3.8, 4) is 17.2 Å². The lowest BCUT2D eigenvalue weighted by Gasteiger charge is -2.15. The van der Waals surface area contributed by atoms with Gasteiger partial charge in [0.25, 0.3) is 0 Å². The first kappa shape index (κ1) is 21.8. The Balaban J connectivity index is 1.85. The molecule has 0 aliphatic rings. The first-order valence-electron chi connectivity index (χ1n) is 9.69. The van der Waals surface area contributed by atoms with Gasteiger partial charge in [-0.25, -0.2) is 17.5 Å². The van der Waals surface area contributed by atoms with Gasteiger partial charge in [0.1, 0.15) is 6.61 Å². The minimum absolute atomic E-state index is 0.0840. The number of rotatable bonds is 9. The van der Waals surface area contributed by atoms with Gasteiger partial charge in [-0.1, -0.05) is 50.2 Å². The summed E-state index contributed by atoms with van der Waals surface area (Å²) in [6, 6.07) is 18.7. The Morgan fingerprint density at radius 2 is 1.60 bits per heavy atom. The molecular weight excluding hydrogens is 405 g/mol. The average molecular weight is 430 g/mol. The van der Waals surface area contributed by atoms with Crippen molar-refractivity contribution in [1.82, 2.24) is 4.72 Å². The fourth-order valence-electron chi connectivity index (χ4n) is 2.83. The smallest absolute Gasteiger partial charge is 0.240 e. The molecule has 0 aromatic heterocycles. The summed E-state index contributed by atoms with van der Waals surface area (Å²) in [5, 5.41) is 0. The molecule has 0 aliphatic heterocycles. The lowest BCUT2D eigenvalue weighted by atomic mass is 10.1. The predicted octanol–water partition coefficient (Wildman–Crippen LogP) is 5.06. The Kier molecular flexibility index (Phi) is 7.07. The van der Waals surface area contributed by atoms with Crippen LogP contribution in [0.1, 0.15) is 25.0 Å². The summed E-state index contributed by atoms with van der Waals surface area (Å²) in [6.07, 6.45) is 0.813. The van der Waals surface area contributed by atoms with E-state index in [4.69, 9.17) is 9.47 Å². The molecule has 0 amide bonds. The summed E-state index contributed by atoms with van der Waals surface area (Å²) < 4.78 is 52.7. The predicted molar refractivity (Wildman–Crippen MR) is 114 cm³/mol. The highest BCUT2D eigenvalue weighted by atomic mass is 32.2. The van der Waals surface area contributed by atoms with E-state index in [2.05, 4.69) is 4.72 Å². The molecule has 0 saturated heterocycles. The van der Waals surface area contributed by atoms with Crippen LogP contribution in [0.3, 0.4) is 0 Å². The lowest BCUT2D eigenvalue weighted by Crippen LogP contribution is -2.23. The largest absolute Gasteiger partial charge is 0.485 e. The van der Waals surface area contributed by atoms with Crippen molar-refractivity contribution in [3.05, 3.63) is 83.7 Å². The second-order valence-corrected chi connectivity index (χ2v) is 8.37. The van der Waals surface area contributed by atoms with E-state index < -0.39 is 15.8 Å². The van der Waals surface area contributed by atoms with Gasteiger partial charge in [-0.15, -0.1) is 0 Å². The molecular formula is C23H24FNO4S. The SMILES string of the molecule is CCNS(=O)(=O)c1ccc(Oc2ccc(CC)cc2OCc2ccccc2)c(F)c1. The Labute approximate surface area is 176 Å². The molecule has 3 aromatic carbocycles. The van der Waals surface area contributed by atoms with Gasteiger partial charge >= 0.3 is 0 Å². The quantitative estimate of drug-likeness (QED) is 0.517. The Bertz CT molecular complexity index is 1100. The van der Waals surface area contributed by atoms with Crippen LogP contribution < -0.4 is 14.2 Å². The van der Waals surface area contributed by atoms with Crippen molar-refractivity contribution in [2.75, 3.05) is 6.54 Å². The van der Waals surface area contributed by atoms with Gasteiger partial charge in [-0.05, 0) is 47.9 Å². The van der Waals surface area contributed by atoms with Crippen LogP contribution in [0.25, 0.3) is 0 Å². The Morgan fingerprint density at radius 3 is 2.27 bits per heavy atom. The van der Waals surface area contributed by atoms with E-state index in [9.17, 15) is 12.8 Å². The van der Waals surface area contributed by atoms with E-state index in [1.807, 2.05) is 49.4 Å². The highest BCUT2D eigenvalue weighted by Crippen LogP contribution is 2.35. The number of halogens is 1. The number of benzene rings is 3. The third-order valence-corrected chi connectivity index (χ3v) is 5.96. The molecule has 1 N–H and O–H groups in total. The summed E-state index contributed by atoms with van der Waals surface area (Å²) >= 11 is 0. The standard InChI is InChI=1S/C23H24FNO4S/c1-3-17-10-12-22(23(14-17)28-16-18-8-6-5-7-9-18)29-21-13-11-19(15-20(21)24)30(26,27)25-4-2/h5-15,25H,3-4,16H2,1-2H3. The molecule has 0 radical (unpaired) electrons. The van der Waals surface area contributed by atoms with Crippen molar-refractivity contribution in [3.63, 3.8) is 0 Å². The molecule has 0 fully saturated rings. The van der Waals surface area contributed by atoms with Crippen molar-refractivity contribution in [1.29, 1.82) is 0 Å². The fourth-order valence-corrected chi connectivity index (χ4v) is 3.88. The van der Waals surface area contributed by atoms with Crippen LogP contribution in [0.4, 0.5) is 4.39 Å². The molecule has 5 nitrogen and oxygen atoms in total. The molecule has 0 saturated carbocycles. The van der Waals surface area contributed by atoms with Crippen molar-refractivity contribution < 1.29 is 22.3 Å². The van der Waals surface area contributed by atoms with Crippen molar-refractivity contribution in [2.24, 2.45) is 0 Å². The number of sulfonamides is 1. The number of ether oxygens (including phenoxy) is 2. The van der Waals surface area contributed by atoms with Crippen LogP contribution in [-0.2, 0) is 23.1 Å². The van der Waals surface area contributed by atoms with Gasteiger partial charge in [0.05, 0.1) is 4.90 Å². The van der Waals surface area contributed by atoms with E-state index in [0.29, 0.717) is 18.1 Å². The Morgan fingerprint density at radius 1 is 0.867 bits per heavy atom. The highest BCUT2D eigenvalue weighted by molar-refractivity contribution is 7.89. The minimum atomic E-state index is -3.75. The summed E-state index contributed by atoms with van der Waals surface area (Å²) in [5.74, 6) is -0.0203. The molecule has 0 bridgehead atoms. The molecule has 0 aliphatic carbocycles. The normalized spacial score (nSPS) is 11.3. The number of hydrogen-bond donors (Lipinski definition) is 1. The molecule has 0 atom stereocenters. The van der Waals surface area contributed by atoms with E-state index in [1.165, 1.54) is 12.1 Å². The zero-order chi connectivity index (χ0) is 21.6. The minimum Gasteiger partial charge on any atom is -0.485 e.